The van der Waals surface area contributed by atoms with Gasteiger partial charge >= 0.3 is 0 Å². The van der Waals surface area contributed by atoms with Crippen LogP contribution in [0.15, 0.2) is 60.2 Å². The Morgan fingerprint density at radius 3 is 2.35 bits per heavy atom. The van der Waals surface area contributed by atoms with Crippen LogP contribution in [-0.4, -0.2) is 19.1 Å². The maximum absolute atomic E-state index is 12.7. The molecule has 1 N–H and O–H groups in total. The van der Waals surface area contributed by atoms with Gasteiger partial charge in [-0.2, -0.15) is 5.26 Å². The van der Waals surface area contributed by atoms with Crippen LogP contribution in [-0.2, 0) is 4.79 Å². The van der Waals surface area contributed by atoms with Gasteiger partial charge in [-0.05, 0) is 74.4 Å². The van der Waals surface area contributed by atoms with E-state index in [0.29, 0.717) is 22.0 Å². The van der Waals surface area contributed by atoms with Gasteiger partial charge in [0.15, 0.2) is 0 Å². The Kier molecular flexibility index (Phi) is 8.59. The summed E-state index contributed by atoms with van der Waals surface area (Å²) in [5.74, 6) is 0.505. The summed E-state index contributed by atoms with van der Waals surface area (Å²) in [5.41, 5.74) is 4.27. The van der Waals surface area contributed by atoms with E-state index in [4.69, 9.17) is 32.7 Å². The number of benzene rings is 3. The number of carbonyl (C=O) groups is 1. The monoisotopic (exact) mass is 494 g/mol. The maximum atomic E-state index is 12.7. The van der Waals surface area contributed by atoms with E-state index >= 15 is 0 Å². The largest absolute Gasteiger partial charge is 0.490 e. The van der Waals surface area contributed by atoms with Gasteiger partial charge < -0.3 is 14.8 Å². The van der Waals surface area contributed by atoms with E-state index in [-0.39, 0.29) is 23.8 Å². The molecule has 0 fully saturated rings. The molecule has 34 heavy (non-hydrogen) atoms. The molecule has 0 bridgehead atoms. The van der Waals surface area contributed by atoms with Crippen molar-refractivity contribution in [1.29, 1.82) is 5.26 Å². The highest BCUT2D eigenvalue weighted by atomic mass is 35.5. The van der Waals surface area contributed by atoms with Crippen LogP contribution in [0.3, 0.4) is 0 Å². The Labute approximate surface area is 209 Å². The van der Waals surface area contributed by atoms with Crippen molar-refractivity contribution < 1.29 is 14.3 Å². The molecule has 0 unspecified atom stereocenters. The molecule has 7 heteroatoms. The summed E-state index contributed by atoms with van der Waals surface area (Å²) in [7, 11) is 0. The van der Waals surface area contributed by atoms with E-state index in [2.05, 4.69) is 5.32 Å². The van der Waals surface area contributed by atoms with Gasteiger partial charge in [-0.15, -0.1) is 0 Å². The summed E-state index contributed by atoms with van der Waals surface area (Å²) >= 11 is 12.5. The summed E-state index contributed by atoms with van der Waals surface area (Å²) < 4.78 is 11.6. The first-order valence-electron chi connectivity index (χ1n) is 10.6. The summed E-state index contributed by atoms with van der Waals surface area (Å²) in [4.78, 5) is 12.7. The summed E-state index contributed by atoms with van der Waals surface area (Å²) in [6.45, 7) is 6.49. The molecule has 0 aliphatic rings. The number of nitrogens with zero attached hydrogens (tertiary/aromatic N) is 1. The summed E-state index contributed by atoms with van der Waals surface area (Å²) in [6.07, 6.45) is 1.40. The van der Waals surface area contributed by atoms with Crippen LogP contribution in [0.1, 0.15) is 22.3 Å². The van der Waals surface area contributed by atoms with Gasteiger partial charge in [-0.3, -0.25) is 4.79 Å². The van der Waals surface area contributed by atoms with Crippen LogP contribution >= 0.6 is 23.2 Å². The number of halogens is 2. The second-order valence-corrected chi connectivity index (χ2v) is 8.58. The van der Waals surface area contributed by atoms with Crippen LogP contribution in [0.5, 0.6) is 11.5 Å². The number of aryl methyl sites for hydroxylation is 3. The van der Waals surface area contributed by atoms with Crippen molar-refractivity contribution in [3.8, 4) is 17.6 Å². The predicted molar refractivity (Wildman–Crippen MR) is 137 cm³/mol. The molecule has 0 radical (unpaired) electrons. The predicted octanol–water partition coefficient (Wildman–Crippen LogP) is 6.92. The Balaban J connectivity index is 1.74. The lowest BCUT2D eigenvalue weighted by molar-refractivity contribution is -0.112. The highest BCUT2D eigenvalue weighted by Gasteiger charge is 2.15. The number of nitrogens with one attached hydrogen (secondary N) is 1. The molecule has 5 nitrogen and oxygen atoms in total. The smallest absolute Gasteiger partial charge is 0.266 e. The fraction of sp³-hybridized carbons (Fsp3) is 0.185. The molecule has 174 valence electrons. The molecular weight excluding hydrogens is 471 g/mol. The number of nitriles is 1. The molecule has 0 heterocycles. The van der Waals surface area contributed by atoms with Crippen molar-refractivity contribution in [3.63, 3.8) is 0 Å². The Bertz CT molecular complexity index is 1260. The fourth-order valence-corrected chi connectivity index (χ4v) is 3.65. The first-order valence-corrected chi connectivity index (χ1v) is 11.3. The fourth-order valence-electron chi connectivity index (χ4n) is 3.09. The molecule has 0 atom stereocenters. The molecule has 0 spiro atoms. The lowest BCUT2D eigenvalue weighted by Gasteiger charge is -2.13. The number of hydrogen-bond acceptors (Lipinski definition) is 4. The van der Waals surface area contributed by atoms with E-state index < -0.39 is 5.91 Å². The third kappa shape index (κ3) is 6.77. The number of hydrogen-bond donors (Lipinski definition) is 1. The van der Waals surface area contributed by atoms with Crippen molar-refractivity contribution in [2.45, 2.75) is 20.8 Å². The second kappa shape index (κ2) is 11.6. The number of rotatable bonds is 8. The highest BCUT2D eigenvalue weighted by Crippen LogP contribution is 2.34. The van der Waals surface area contributed by atoms with Gasteiger partial charge in [0.2, 0.25) is 0 Å². The van der Waals surface area contributed by atoms with E-state index in [1.807, 2.05) is 57.2 Å². The number of ether oxygens (including phenoxy) is 2. The van der Waals surface area contributed by atoms with Crippen LogP contribution in [0.2, 0.25) is 10.0 Å². The van der Waals surface area contributed by atoms with Gasteiger partial charge in [0.05, 0.1) is 5.02 Å². The third-order valence-corrected chi connectivity index (χ3v) is 5.59. The van der Waals surface area contributed by atoms with Crippen molar-refractivity contribution in [2.75, 3.05) is 18.5 Å². The third-order valence-electron chi connectivity index (χ3n) is 5.09. The molecule has 3 rings (SSSR count). The number of anilines is 1. The molecule has 0 saturated carbocycles. The number of amides is 1. The average molecular weight is 495 g/mol. The van der Waals surface area contributed by atoms with Crippen molar-refractivity contribution >= 4 is 40.9 Å². The minimum absolute atomic E-state index is 0.116. The zero-order valence-electron chi connectivity index (χ0n) is 19.1. The lowest BCUT2D eigenvalue weighted by atomic mass is 10.1. The van der Waals surface area contributed by atoms with Crippen molar-refractivity contribution in [3.05, 3.63) is 92.5 Å². The minimum atomic E-state index is -0.550. The van der Waals surface area contributed by atoms with Crippen molar-refractivity contribution in [1.82, 2.24) is 0 Å². The quantitative estimate of drug-likeness (QED) is 0.209. The topological polar surface area (TPSA) is 71.4 Å². The standard InChI is InChI=1S/C27H24Cl2N2O3/c1-17-4-7-23(8-5-17)31-27(32)21(16-30)13-20-14-22(28)15-25(29)26(20)34-11-10-33-24-9-6-18(2)19(3)12-24/h4-9,12-15H,10-11H2,1-3H3,(H,31,32)/b21-13+. The molecular formula is C27H24Cl2N2O3. The Morgan fingerprint density at radius 2 is 1.68 bits per heavy atom. The van der Waals surface area contributed by atoms with Crippen LogP contribution in [0, 0.1) is 32.1 Å². The van der Waals surface area contributed by atoms with E-state index in [1.54, 1.807) is 24.3 Å². The lowest BCUT2D eigenvalue weighted by Crippen LogP contribution is -2.13. The second-order valence-electron chi connectivity index (χ2n) is 7.74. The zero-order valence-corrected chi connectivity index (χ0v) is 20.6. The van der Waals surface area contributed by atoms with Gasteiger partial charge in [-0.1, -0.05) is 47.0 Å². The number of carbonyl (C=O) groups excluding carboxylic acids is 1. The van der Waals surface area contributed by atoms with Gasteiger partial charge in [0.1, 0.15) is 36.4 Å². The van der Waals surface area contributed by atoms with E-state index in [1.165, 1.54) is 11.6 Å². The normalized spacial score (nSPS) is 11.0. The van der Waals surface area contributed by atoms with E-state index in [9.17, 15) is 10.1 Å². The minimum Gasteiger partial charge on any atom is -0.490 e. The molecule has 0 aliphatic carbocycles. The molecule has 1 amide bonds. The summed E-state index contributed by atoms with van der Waals surface area (Å²) in [5, 5.41) is 12.9. The van der Waals surface area contributed by atoms with Gasteiger partial charge in [0, 0.05) is 16.3 Å². The Morgan fingerprint density at radius 1 is 0.971 bits per heavy atom. The molecule has 3 aromatic rings. The SMILES string of the molecule is Cc1ccc(NC(=O)/C(C#N)=C/c2cc(Cl)cc(Cl)c2OCCOc2ccc(C)c(C)c2)cc1. The van der Waals surface area contributed by atoms with Crippen molar-refractivity contribution in [2.24, 2.45) is 0 Å². The molecule has 0 aliphatic heterocycles. The average Bonchev–Trinajstić information content (AvgIpc) is 2.79. The molecule has 3 aromatic carbocycles. The maximum Gasteiger partial charge on any atom is 0.266 e. The summed E-state index contributed by atoms with van der Waals surface area (Å²) in [6, 6.07) is 18.2. The van der Waals surface area contributed by atoms with Gasteiger partial charge in [0.25, 0.3) is 5.91 Å². The molecule has 0 aromatic heterocycles. The van der Waals surface area contributed by atoms with Crippen LogP contribution < -0.4 is 14.8 Å². The highest BCUT2D eigenvalue weighted by molar-refractivity contribution is 6.36. The van der Waals surface area contributed by atoms with Crippen LogP contribution in [0.4, 0.5) is 5.69 Å². The van der Waals surface area contributed by atoms with Crippen LogP contribution in [0.25, 0.3) is 6.08 Å². The first-order chi connectivity index (χ1) is 16.3. The Hall–Kier alpha value is -3.46. The van der Waals surface area contributed by atoms with E-state index in [0.717, 1.165) is 16.9 Å². The zero-order chi connectivity index (χ0) is 24.7. The first kappa shape index (κ1) is 25.2. The molecule has 0 saturated heterocycles. The van der Waals surface area contributed by atoms with Gasteiger partial charge in [-0.25, -0.2) is 0 Å².